The summed E-state index contributed by atoms with van der Waals surface area (Å²) < 4.78 is 12.3. The lowest BCUT2D eigenvalue weighted by Gasteiger charge is -2.29. The van der Waals surface area contributed by atoms with E-state index in [1.165, 1.54) is 12.1 Å². The molecule has 2 saturated heterocycles. The minimum atomic E-state index is -0.393. The second kappa shape index (κ2) is 4.97. The molecule has 6 heteroatoms. The van der Waals surface area contributed by atoms with Gasteiger partial charge in [-0.1, -0.05) is 6.58 Å². The van der Waals surface area contributed by atoms with Crippen molar-refractivity contribution in [2.45, 2.75) is 12.1 Å². The summed E-state index contributed by atoms with van der Waals surface area (Å²) >= 11 is 0. The van der Waals surface area contributed by atoms with Gasteiger partial charge in [-0.2, -0.15) is 0 Å². The second-order valence-corrected chi connectivity index (χ2v) is 5.32. The molecule has 0 aromatic heterocycles. The SMILES string of the molecule is C=CC[N+]12COCC1C(c1ccc([N+](=O)[O-])cc1)OC2. The van der Waals surface area contributed by atoms with Crippen LogP contribution in [0.2, 0.25) is 0 Å². The Labute approximate surface area is 116 Å². The monoisotopic (exact) mass is 277 g/mol. The Kier molecular flexibility index (Phi) is 3.29. The van der Waals surface area contributed by atoms with Gasteiger partial charge in [0.1, 0.15) is 25.3 Å². The Balaban J connectivity index is 1.84. The van der Waals surface area contributed by atoms with Gasteiger partial charge in [-0.25, -0.2) is 0 Å². The number of nitro benzene ring substituents is 1. The van der Waals surface area contributed by atoms with Crippen LogP contribution >= 0.6 is 0 Å². The molecule has 6 nitrogen and oxygen atoms in total. The van der Waals surface area contributed by atoms with E-state index < -0.39 is 4.92 Å². The number of rotatable bonds is 4. The van der Waals surface area contributed by atoms with Gasteiger partial charge in [0, 0.05) is 12.1 Å². The fourth-order valence-corrected chi connectivity index (χ4v) is 3.06. The van der Waals surface area contributed by atoms with Crippen molar-refractivity contribution >= 4 is 5.69 Å². The average Bonchev–Trinajstić information content (AvgIpc) is 2.97. The number of nitrogens with zero attached hydrogens (tertiary/aromatic N) is 2. The molecule has 1 aromatic carbocycles. The fraction of sp³-hybridized carbons (Fsp3) is 0.429. The molecule has 3 atom stereocenters. The van der Waals surface area contributed by atoms with Crippen molar-refractivity contribution in [1.29, 1.82) is 0 Å². The maximum Gasteiger partial charge on any atom is 0.269 e. The predicted molar refractivity (Wildman–Crippen MR) is 71.7 cm³/mol. The van der Waals surface area contributed by atoms with Crippen LogP contribution in [0.1, 0.15) is 11.7 Å². The van der Waals surface area contributed by atoms with E-state index in [9.17, 15) is 10.1 Å². The number of hydrogen-bond acceptors (Lipinski definition) is 4. The molecule has 2 aliphatic heterocycles. The minimum Gasteiger partial charge on any atom is -0.325 e. The third-order valence-electron chi connectivity index (χ3n) is 4.13. The Bertz CT molecular complexity index is 530. The van der Waals surface area contributed by atoms with E-state index in [0.717, 1.165) is 16.6 Å². The molecule has 1 aromatic rings. The maximum absolute atomic E-state index is 10.7. The molecule has 2 aliphatic rings. The highest BCUT2D eigenvalue weighted by Crippen LogP contribution is 2.40. The Morgan fingerprint density at radius 1 is 1.40 bits per heavy atom. The maximum atomic E-state index is 10.7. The zero-order valence-corrected chi connectivity index (χ0v) is 11.1. The van der Waals surface area contributed by atoms with Crippen molar-refractivity contribution in [2.24, 2.45) is 0 Å². The first-order chi connectivity index (χ1) is 9.66. The largest absolute Gasteiger partial charge is 0.325 e. The van der Waals surface area contributed by atoms with E-state index in [4.69, 9.17) is 9.47 Å². The van der Waals surface area contributed by atoms with Crippen LogP contribution in [0.25, 0.3) is 0 Å². The van der Waals surface area contributed by atoms with Crippen LogP contribution < -0.4 is 0 Å². The van der Waals surface area contributed by atoms with Gasteiger partial charge in [0.05, 0.1) is 4.92 Å². The van der Waals surface area contributed by atoms with Gasteiger partial charge in [-0.3, -0.25) is 14.6 Å². The summed E-state index contributed by atoms with van der Waals surface area (Å²) in [5, 5.41) is 10.7. The molecule has 106 valence electrons. The first-order valence-electron chi connectivity index (χ1n) is 6.57. The molecule has 0 saturated carbocycles. The van der Waals surface area contributed by atoms with Crippen molar-refractivity contribution in [1.82, 2.24) is 0 Å². The third kappa shape index (κ3) is 2.02. The zero-order chi connectivity index (χ0) is 14.2. The fourth-order valence-electron chi connectivity index (χ4n) is 3.06. The summed E-state index contributed by atoms with van der Waals surface area (Å²) in [6.45, 7) is 6.50. The number of non-ortho nitro benzene ring substituents is 1. The Hall–Kier alpha value is -1.76. The topological polar surface area (TPSA) is 61.6 Å². The average molecular weight is 277 g/mol. The highest BCUT2D eigenvalue weighted by atomic mass is 16.6. The van der Waals surface area contributed by atoms with Gasteiger partial charge in [0.15, 0.2) is 13.5 Å². The van der Waals surface area contributed by atoms with E-state index in [2.05, 4.69) is 6.58 Å². The van der Waals surface area contributed by atoms with Gasteiger partial charge in [-0.05, 0) is 23.8 Å². The number of hydrogen-bond donors (Lipinski definition) is 0. The van der Waals surface area contributed by atoms with Crippen molar-refractivity contribution in [3.63, 3.8) is 0 Å². The van der Waals surface area contributed by atoms with Crippen molar-refractivity contribution in [3.8, 4) is 0 Å². The summed E-state index contributed by atoms with van der Waals surface area (Å²) in [6, 6.07) is 6.82. The van der Waals surface area contributed by atoms with Gasteiger partial charge < -0.3 is 9.47 Å². The molecule has 0 radical (unpaired) electrons. The van der Waals surface area contributed by atoms with Gasteiger partial charge in [0.25, 0.3) is 5.69 Å². The smallest absolute Gasteiger partial charge is 0.269 e. The lowest BCUT2D eigenvalue weighted by atomic mass is 10.0. The quantitative estimate of drug-likeness (QED) is 0.365. The van der Waals surface area contributed by atoms with Gasteiger partial charge >= 0.3 is 0 Å². The molecule has 0 amide bonds. The van der Waals surface area contributed by atoms with Crippen molar-refractivity contribution < 1.29 is 18.9 Å². The minimum absolute atomic E-state index is 0.0711. The second-order valence-electron chi connectivity index (χ2n) is 5.32. The van der Waals surface area contributed by atoms with E-state index in [-0.39, 0.29) is 17.8 Å². The normalized spacial score (nSPS) is 32.0. The van der Waals surface area contributed by atoms with Gasteiger partial charge in [0.2, 0.25) is 0 Å². The third-order valence-corrected chi connectivity index (χ3v) is 4.13. The highest BCUT2D eigenvalue weighted by molar-refractivity contribution is 5.34. The van der Waals surface area contributed by atoms with E-state index in [0.29, 0.717) is 20.1 Å². The summed E-state index contributed by atoms with van der Waals surface area (Å²) in [4.78, 5) is 10.3. The molecule has 2 heterocycles. The first kappa shape index (κ1) is 13.2. The summed E-state index contributed by atoms with van der Waals surface area (Å²) in [5.41, 5.74) is 1.07. The van der Waals surface area contributed by atoms with Crippen LogP contribution in [0.4, 0.5) is 5.69 Å². The number of fused-ring (bicyclic) bond motifs is 1. The summed E-state index contributed by atoms with van der Waals surface area (Å²) in [7, 11) is 0. The molecule has 3 unspecified atom stereocenters. The molecule has 0 N–H and O–H groups in total. The molecule has 3 rings (SSSR count). The van der Waals surface area contributed by atoms with E-state index in [1.807, 2.05) is 6.08 Å². The highest BCUT2D eigenvalue weighted by Gasteiger charge is 2.53. The number of nitro groups is 1. The van der Waals surface area contributed by atoms with E-state index in [1.54, 1.807) is 12.1 Å². The first-order valence-corrected chi connectivity index (χ1v) is 6.57. The molecule has 2 fully saturated rings. The summed E-state index contributed by atoms with van der Waals surface area (Å²) in [5.74, 6) is 0. The Morgan fingerprint density at radius 2 is 2.15 bits per heavy atom. The van der Waals surface area contributed by atoms with Crippen molar-refractivity contribution in [2.75, 3.05) is 26.6 Å². The van der Waals surface area contributed by atoms with Gasteiger partial charge in [-0.15, -0.1) is 0 Å². The summed E-state index contributed by atoms with van der Waals surface area (Å²) in [6.07, 6.45) is 1.82. The van der Waals surface area contributed by atoms with E-state index >= 15 is 0 Å². The van der Waals surface area contributed by atoms with Crippen molar-refractivity contribution in [3.05, 3.63) is 52.6 Å². The lowest BCUT2D eigenvalue weighted by molar-refractivity contribution is -0.938. The molecular weight excluding hydrogens is 260 g/mol. The van der Waals surface area contributed by atoms with Crippen LogP contribution in [-0.2, 0) is 9.47 Å². The predicted octanol–water partition coefficient (Wildman–Crippen LogP) is 1.98. The molecule has 0 aliphatic carbocycles. The lowest BCUT2D eigenvalue weighted by Crippen LogP contribution is -2.49. The number of benzene rings is 1. The van der Waals surface area contributed by atoms with Crippen LogP contribution in [0.15, 0.2) is 36.9 Å². The van der Waals surface area contributed by atoms with Crippen LogP contribution in [0, 0.1) is 10.1 Å². The zero-order valence-electron chi connectivity index (χ0n) is 11.1. The molecular formula is C14H17N2O4+. The molecule has 0 spiro atoms. The number of quaternary nitrogens is 1. The van der Waals surface area contributed by atoms with Crippen LogP contribution in [0.5, 0.6) is 0 Å². The molecule has 0 bridgehead atoms. The van der Waals surface area contributed by atoms with Crippen LogP contribution in [-0.4, -0.2) is 42.1 Å². The number of ether oxygens (including phenoxy) is 2. The van der Waals surface area contributed by atoms with Crippen LogP contribution in [0.3, 0.4) is 0 Å². The molecule has 20 heavy (non-hydrogen) atoms. The Morgan fingerprint density at radius 3 is 2.80 bits per heavy atom. The standard InChI is InChI=1S/C14H17N2O4/c1-2-7-16-9-19-8-13(16)14(20-10-16)11-3-5-12(6-4-11)15(17)18/h2-6,13-14H,1,7-10H2/q+1.